The second-order valence-electron chi connectivity index (χ2n) is 8.06. The number of likely N-dealkylation sites (tertiary alicyclic amines) is 1. The van der Waals surface area contributed by atoms with Crippen LogP contribution in [0.25, 0.3) is 5.69 Å². The quantitative estimate of drug-likeness (QED) is 0.748. The summed E-state index contributed by atoms with van der Waals surface area (Å²) in [4.78, 5) is 15.4. The zero-order chi connectivity index (χ0) is 19.6. The lowest BCUT2D eigenvalue weighted by atomic mass is 10.0. The molecule has 2 heterocycles. The van der Waals surface area contributed by atoms with E-state index in [4.69, 9.17) is 0 Å². The van der Waals surface area contributed by atoms with Crippen LogP contribution < -0.4 is 5.32 Å². The predicted molar refractivity (Wildman–Crippen MR) is 111 cm³/mol. The third-order valence-corrected chi connectivity index (χ3v) is 6.16. The Bertz CT molecular complexity index is 975. The molecule has 1 amide bonds. The number of carbonyl (C=O) groups is 1. The highest BCUT2D eigenvalue weighted by atomic mass is 16.1. The Balaban J connectivity index is 1.23. The van der Waals surface area contributed by atoms with Crippen LogP contribution in [0.4, 0.5) is 0 Å². The van der Waals surface area contributed by atoms with Crippen LogP contribution in [0.15, 0.2) is 61.2 Å². The number of fused-ring (bicyclic) bond motifs is 1. The van der Waals surface area contributed by atoms with Gasteiger partial charge in [0.05, 0.1) is 0 Å². The van der Waals surface area contributed by atoms with Gasteiger partial charge in [-0.3, -0.25) is 14.3 Å². The highest BCUT2D eigenvalue weighted by Gasteiger charge is 2.30. The molecule has 29 heavy (non-hydrogen) atoms. The average Bonchev–Trinajstić information content (AvgIpc) is 3.44. The van der Waals surface area contributed by atoms with Crippen LogP contribution in [-0.4, -0.2) is 50.7 Å². The fraction of sp³-hybridized carbons (Fsp3) is 0.348. The van der Waals surface area contributed by atoms with Crippen LogP contribution in [0.3, 0.4) is 0 Å². The summed E-state index contributed by atoms with van der Waals surface area (Å²) in [6.45, 7) is 2.05. The van der Waals surface area contributed by atoms with Gasteiger partial charge in [0.25, 0.3) is 5.91 Å². The van der Waals surface area contributed by atoms with Crippen molar-refractivity contribution in [3.05, 3.63) is 77.9 Å². The van der Waals surface area contributed by atoms with Gasteiger partial charge in [-0.25, -0.2) is 0 Å². The van der Waals surface area contributed by atoms with Gasteiger partial charge in [-0.1, -0.05) is 30.3 Å². The lowest BCUT2D eigenvalue weighted by Crippen LogP contribution is -2.51. The van der Waals surface area contributed by atoms with Crippen LogP contribution in [0, 0.1) is 0 Å². The highest BCUT2D eigenvalue weighted by molar-refractivity contribution is 5.94. The molecule has 2 aromatic carbocycles. The summed E-state index contributed by atoms with van der Waals surface area (Å²) in [7, 11) is 0. The molecule has 148 valence electrons. The van der Waals surface area contributed by atoms with Crippen molar-refractivity contribution in [3.8, 4) is 5.69 Å². The topological polar surface area (TPSA) is 63.1 Å². The molecule has 3 aromatic rings. The van der Waals surface area contributed by atoms with Gasteiger partial charge in [0.15, 0.2) is 0 Å². The van der Waals surface area contributed by atoms with Gasteiger partial charge >= 0.3 is 0 Å². The molecule has 1 atom stereocenters. The van der Waals surface area contributed by atoms with Crippen molar-refractivity contribution in [1.82, 2.24) is 25.0 Å². The number of nitrogens with one attached hydrogen (secondary N) is 1. The summed E-state index contributed by atoms with van der Waals surface area (Å²) in [5.74, 6) is -0.0125. The number of hydrogen-bond donors (Lipinski definition) is 1. The average molecular weight is 387 g/mol. The molecular formula is C23H25N5O. The Morgan fingerprint density at radius 2 is 1.76 bits per heavy atom. The summed E-state index contributed by atoms with van der Waals surface area (Å²) >= 11 is 0. The smallest absolute Gasteiger partial charge is 0.251 e. The molecule has 1 aliphatic carbocycles. The maximum absolute atomic E-state index is 12.9. The Morgan fingerprint density at radius 1 is 1.00 bits per heavy atom. The molecule has 0 unspecified atom stereocenters. The van der Waals surface area contributed by atoms with E-state index in [-0.39, 0.29) is 11.9 Å². The van der Waals surface area contributed by atoms with Crippen molar-refractivity contribution in [2.45, 2.75) is 37.8 Å². The molecule has 0 bridgehead atoms. The first-order chi connectivity index (χ1) is 14.3. The molecule has 2 aliphatic rings. The van der Waals surface area contributed by atoms with E-state index in [1.807, 2.05) is 24.3 Å². The van der Waals surface area contributed by atoms with E-state index in [0.717, 1.165) is 44.5 Å². The van der Waals surface area contributed by atoms with Gasteiger partial charge in [0.2, 0.25) is 0 Å². The number of benzene rings is 2. The van der Waals surface area contributed by atoms with Crippen molar-refractivity contribution >= 4 is 5.91 Å². The molecular weight excluding hydrogens is 362 g/mol. The highest BCUT2D eigenvalue weighted by Crippen LogP contribution is 2.27. The fourth-order valence-electron chi connectivity index (χ4n) is 4.66. The van der Waals surface area contributed by atoms with Crippen LogP contribution in [-0.2, 0) is 12.8 Å². The van der Waals surface area contributed by atoms with Crippen molar-refractivity contribution in [1.29, 1.82) is 0 Å². The SMILES string of the molecule is O=C(N[C@@H]1CCCN(C2Cc3ccccc3C2)C1)c1cccc(-n2cnnc2)c1. The first-order valence-corrected chi connectivity index (χ1v) is 10.3. The van der Waals surface area contributed by atoms with Gasteiger partial charge < -0.3 is 5.32 Å². The van der Waals surface area contributed by atoms with Crippen LogP contribution in [0.1, 0.15) is 34.3 Å². The first-order valence-electron chi connectivity index (χ1n) is 10.3. The van der Waals surface area contributed by atoms with Crippen molar-refractivity contribution < 1.29 is 4.79 Å². The number of piperidine rings is 1. The van der Waals surface area contributed by atoms with E-state index < -0.39 is 0 Å². The third kappa shape index (κ3) is 3.80. The predicted octanol–water partition coefficient (Wildman–Crippen LogP) is 2.63. The molecule has 0 saturated carbocycles. The summed E-state index contributed by atoms with van der Waals surface area (Å²) in [5, 5.41) is 10.9. The zero-order valence-electron chi connectivity index (χ0n) is 16.4. The van der Waals surface area contributed by atoms with E-state index in [1.165, 1.54) is 11.1 Å². The summed E-state index contributed by atoms with van der Waals surface area (Å²) in [6.07, 6.45) is 7.67. The van der Waals surface area contributed by atoms with Gasteiger partial charge in [0.1, 0.15) is 12.7 Å². The molecule has 5 rings (SSSR count). The van der Waals surface area contributed by atoms with E-state index in [1.54, 1.807) is 17.2 Å². The Hall–Kier alpha value is -2.99. The second-order valence-corrected chi connectivity index (χ2v) is 8.06. The molecule has 0 radical (unpaired) electrons. The Morgan fingerprint density at radius 3 is 2.52 bits per heavy atom. The molecule has 0 spiro atoms. The van der Waals surface area contributed by atoms with E-state index >= 15 is 0 Å². The standard InChI is InChI=1S/C23H25N5O/c29-23(19-7-3-9-21(13-19)28-15-24-25-16-28)26-20-8-4-10-27(14-20)22-11-17-5-1-2-6-18(17)12-22/h1-3,5-7,9,13,15-16,20,22H,4,8,10-12,14H2,(H,26,29)/t20-/m1/s1. The fourth-order valence-corrected chi connectivity index (χ4v) is 4.66. The minimum Gasteiger partial charge on any atom is -0.348 e. The number of rotatable bonds is 4. The number of carbonyl (C=O) groups excluding carboxylic acids is 1. The van der Waals surface area contributed by atoms with Crippen molar-refractivity contribution in [2.24, 2.45) is 0 Å². The summed E-state index contributed by atoms with van der Waals surface area (Å²) < 4.78 is 1.80. The second kappa shape index (κ2) is 7.79. The summed E-state index contributed by atoms with van der Waals surface area (Å²) in [5.41, 5.74) is 4.52. The Labute approximate surface area is 170 Å². The Kier molecular flexibility index (Phi) is 4.86. The lowest BCUT2D eigenvalue weighted by Gasteiger charge is -2.37. The van der Waals surface area contributed by atoms with Crippen LogP contribution >= 0.6 is 0 Å². The lowest BCUT2D eigenvalue weighted by molar-refractivity contribution is 0.0876. The zero-order valence-corrected chi connectivity index (χ0v) is 16.4. The molecule has 1 saturated heterocycles. The molecule has 6 nitrogen and oxygen atoms in total. The van der Waals surface area contributed by atoms with Gasteiger partial charge in [-0.2, -0.15) is 0 Å². The van der Waals surface area contributed by atoms with Crippen molar-refractivity contribution in [2.75, 3.05) is 13.1 Å². The maximum atomic E-state index is 12.9. The summed E-state index contributed by atoms with van der Waals surface area (Å²) in [6, 6.07) is 17.1. The molecule has 1 N–H and O–H groups in total. The van der Waals surface area contributed by atoms with Gasteiger partial charge in [0, 0.05) is 29.9 Å². The van der Waals surface area contributed by atoms with Gasteiger partial charge in [-0.15, -0.1) is 10.2 Å². The van der Waals surface area contributed by atoms with Crippen LogP contribution in [0.2, 0.25) is 0 Å². The molecule has 1 aromatic heterocycles. The molecule has 1 aliphatic heterocycles. The number of aromatic nitrogens is 3. The first kappa shape index (κ1) is 18.1. The number of amides is 1. The normalized spacial score (nSPS) is 19.8. The van der Waals surface area contributed by atoms with E-state index in [9.17, 15) is 4.79 Å². The molecule has 1 fully saturated rings. The monoisotopic (exact) mass is 387 g/mol. The van der Waals surface area contributed by atoms with E-state index in [2.05, 4.69) is 44.7 Å². The third-order valence-electron chi connectivity index (χ3n) is 6.16. The van der Waals surface area contributed by atoms with Crippen LogP contribution in [0.5, 0.6) is 0 Å². The minimum atomic E-state index is -0.0125. The minimum absolute atomic E-state index is 0.0125. The number of nitrogens with zero attached hydrogens (tertiary/aromatic N) is 4. The molecule has 6 heteroatoms. The largest absolute Gasteiger partial charge is 0.348 e. The van der Waals surface area contributed by atoms with Gasteiger partial charge in [-0.05, 0) is 61.6 Å². The van der Waals surface area contributed by atoms with Crippen molar-refractivity contribution in [3.63, 3.8) is 0 Å². The maximum Gasteiger partial charge on any atom is 0.251 e. The van der Waals surface area contributed by atoms with E-state index in [0.29, 0.717) is 11.6 Å². The number of hydrogen-bond acceptors (Lipinski definition) is 4.